The number of hydrogen-bond acceptors (Lipinski definition) is 3. The molecule has 0 aliphatic carbocycles. The number of halogens is 4. The SMILES string of the molecule is Cc1ccc(NC(=O)c2ncsc2C(F)(F)F)c(F)c1. The van der Waals surface area contributed by atoms with Crippen LogP contribution < -0.4 is 5.32 Å². The molecule has 0 atom stereocenters. The predicted molar refractivity (Wildman–Crippen MR) is 66.2 cm³/mol. The first-order valence-electron chi connectivity index (χ1n) is 5.37. The van der Waals surface area contributed by atoms with Crippen LogP contribution in [0.4, 0.5) is 23.2 Å². The van der Waals surface area contributed by atoms with Crippen molar-refractivity contribution in [2.24, 2.45) is 0 Å². The number of nitrogens with zero attached hydrogens (tertiary/aromatic N) is 1. The van der Waals surface area contributed by atoms with Crippen molar-refractivity contribution in [1.82, 2.24) is 4.98 Å². The van der Waals surface area contributed by atoms with E-state index in [2.05, 4.69) is 10.3 Å². The number of anilines is 1. The fraction of sp³-hybridized carbons (Fsp3) is 0.167. The molecule has 1 amide bonds. The highest BCUT2D eigenvalue weighted by molar-refractivity contribution is 7.10. The lowest BCUT2D eigenvalue weighted by Crippen LogP contribution is -2.18. The summed E-state index contributed by atoms with van der Waals surface area (Å²) in [5.74, 6) is -1.82. The summed E-state index contributed by atoms with van der Waals surface area (Å²) in [7, 11) is 0. The van der Waals surface area contributed by atoms with E-state index in [1.54, 1.807) is 6.92 Å². The zero-order valence-electron chi connectivity index (χ0n) is 10.1. The topological polar surface area (TPSA) is 42.0 Å². The van der Waals surface area contributed by atoms with Gasteiger partial charge in [-0.3, -0.25) is 4.79 Å². The van der Waals surface area contributed by atoms with Gasteiger partial charge in [0.25, 0.3) is 5.91 Å². The summed E-state index contributed by atoms with van der Waals surface area (Å²) in [6.45, 7) is 1.65. The molecule has 2 rings (SSSR count). The van der Waals surface area contributed by atoms with E-state index < -0.39 is 28.5 Å². The Morgan fingerprint density at radius 3 is 2.65 bits per heavy atom. The maximum Gasteiger partial charge on any atom is 0.427 e. The molecule has 0 fully saturated rings. The Balaban J connectivity index is 2.27. The predicted octanol–water partition coefficient (Wildman–Crippen LogP) is 3.86. The standard InChI is InChI=1S/C12H8F4N2OS/c1-6-2-3-8(7(13)4-6)18-11(19)9-10(12(14,15)16)20-5-17-9/h2-5H,1H3,(H,18,19). The number of aromatic nitrogens is 1. The van der Waals surface area contributed by atoms with Crippen molar-refractivity contribution in [2.45, 2.75) is 13.1 Å². The third-order valence-corrected chi connectivity index (χ3v) is 3.28. The van der Waals surface area contributed by atoms with E-state index in [0.717, 1.165) is 5.51 Å². The maximum atomic E-state index is 13.5. The molecule has 0 saturated heterocycles. The summed E-state index contributed by atoms with van der Waals surface area (Å²) in [5.41, 5.74) is 0.595. The van der Waals surface area contributed by atoms with Gasteiger partial charge in [0.1, 0.15) is 10.7 Å². The second-order valence-corrected chi connectivity index (χ2v) is 4.82. The minimum atomic E-state index is -4.67. The number of alkyl halides is 3. The first-order valence-corrected chi connectivity index (χ1v) is 6.25. The van der Waals surface area contributed by atoms with E-state index in [-0.39, 0.29) is 5.69 Å². The van der Waals surface area contributed by atoms with E-state index in [9.17, 15) is 22.4 Å². The third-order valence-electron chi connectivity index (χ3n) is 2.41. The molecule has 1 N–H and O–H groups in total. The van der Waals surface area contributed by atoms with Crippen molar-refractivity contribution in [3.05, 3.63) is 45.7 Å². The van der Waals surface area contributed by atoms with Crippen LogP contribution in [0.3, 0.4) is 0 Å². The smallest absolute Gasteiger partial charge is 0.318 e. The molecule has 0 radical (unpaired) electrons. The number of aryl methyl sites for hydroxylation is 1. The normalized spacial score (nSPS) is 11.4. The average Bonchev–Trinajstić information content (AvgIpc) is 2.81. The van der Waals surface area contributed by atoms with Gasteiger partial charge in [0, 0.05) is 0 Å². The van der Waals surface area contributed by atoms with E-state index in [1.807, 2.05) is 0 Å². The van der Waals surface area contributed by atoms with Crippen LogP contribution in [-0.4, -0.2) is 10.9 Å². The fourth-order valence-corrected chi connectivity index (χ4v) is 2.17. The zero-order valence-corrected chi connectivity index (χ0v) is 10.9. The lowest BCUT2D eigenvalue weighted by molar-refractivity contribution is -0.134. The number of thiazole rings is 1. The van der Waals surface area contributed by atoms with Crippen molar-refractivity contribution in [1.29, 1.82) is 0 Å². The van der Waals surface area contributed by atoms with Crippen LogP contribution in [-0.2, 0) is 6.18 Å². The Bertz CT molecular complexity index is 651. The summed E-state index contributed by atoms with van der Waals surface area (Å²) in [5, 5.41) is 2.08. The van der Waals surface area contributed by atoms with Crippen molar-refractivity contribution in [2.75, 3.05) is 5.32 Å². The van der Waals surface area contributed by atoms with Crippen LogP contribution in [0, 0.1) is 12.7 Å². The van der Waals surface area contributed by atoms with E-state index in [0.29, 0.717) is 16.9 Å². The van der Waals surface area contributed by atoms with Crippen molar-refractivity contribution < 1.29 is 22.4 Å². The van der Waals surface area contributed by atoms with Gasteiger partial charge in [-0.2, -0.15) is 13.2 Å². The van der Waals surface area contributed by atoms with Gasteiger partial charge >= 0.3 is 6.18 Å². The summed E-state index contributed by atoms with van der Waals surface area (Å²) in [4.78, 5) is 14.0. The number of carbonyl (C=O) groups excluding carboxylic acids is 1. The minimum absolute atomic E-state index is 0.193. The second-order valence-electron chi connectivity index (χ2n) is 3.97. The van der Waals surface area contributed by atoms with Crippen molar-refractivity contribution in [3.63, 3.8) is 0 Å². The Hall–Kier alpha value is -1.96. The highest BCUT2D eigenvalue weighted by Crippen LogP contribution is 2.35. The van der Waals surface area contributed by atoms with E-state index in [4.69, 9.17) is 0 Å². The first kappa shape index (κ1) is 14.4. The Morgan fingerprint density at radius 2 is 2.05 bits per heavy atom. The number of amides is 1. The summed E-state index contributed by atoms with van der Waals surface area (Å²) >= 11 is 0.311. The van der Waals surface area contributed by atoms with Crippen LogP contribution in [0.25, 0.3) is 0 Å². The highest BCUT2D eigenvalue weighted by Gasteiger charge is 2.38. The second kappa shape index (κ2) is 5.20. The summed E-state index contributed by atoms with van der Waals surface area (Å²) in [6, 6.07) is 3.98. The fourth-order valence-electron chi connectivity index (χ4n) is 1.51. The first-order chi connectivity index (χ1) is 9.29. The van der Waals surface area contributed by atoms with Gasteiger partial charge in [-0.1, -0.05) is 6.07 Å². The molecule has 106 valence electrons. The van der Waals surface area contributed by atoms with Crippen molar-refractivity contribution in [3.8, 4) is 0 Å². The molecular formula is C12H8F4N2OS. The molecule has 3 nitrogen and oxygen atoms in total. The molecule has 8 heteroatoms. The Labute approximate surface area is 115 Å². The lowest BCUT2D eigenvalue weighted by atomic mass is 10.2. The van der Waals surface area contributed by atoms with Crippen LogP contribution in [0.1, 0.15) is 20.9 Å². The molecule has 0 spiro atoms. The molecule has 20 heavy (non-hydrogen) atoms. The number of benzene rings is 1. The lowest BCUT2D eigenvalue weighted by Gasteiger charge is -2.08. The van der Waals surface area contributed by atoms with Gasteiger partial charge in [-0.15, -0.1) is 11.3 Å². The molecular weight excluding hydrogens is 296 g/mol. The average molecular weight is 304 g/mol. The number of hydrogen-bond donors (Lipinski definition) is 1. The minimum Gasteiger partial charge on any atom is -0.318 e. The van der Waals surface area contributed by atoms with Crippen molar-refractivity contribution >= 4 is 22.9 Å². The van der Waals surface area contributed by atoms with Gasteiger partial charge in [-0.05, 0) is 24.6 Å². The zero-order chi connectivity index (χ0) is 14.9. The van der Waals surface area contributed by atoms with Gasteiger partial charge < -0.3 is 5.32 Å². The molecule has 0 unspecified atom stereocenters. The van der Waals surface area contributed by atoms with E-state index in [1.165, 1.54) is 18.2 Å². The molecule has 0 aliphatic rings. The molecule has 2 aromatic rings. The van der Waals surface area contributed by atoms with Gasteiger partial charge in [0.05, 0.1) is 11.2 Å². The Morgan fingerprint density at radius 1 is 1.35 bits per heavy atom. The van der Waals surface area contributed by atoms with Crippen LogP contribution in [0.15, 0.2) is 23.7 Å². The molecule has 0 aliphatic heterocycles. The van der Waals surface area contributed by atoms with Crippen LogP contribution in [0.2, 0.25) is 0 Å². The highest BCUT2D eigenvalue weighted by atomic mass is 32.1. The van der Waals surface area contributed by atoms with Crippen LogP contribution >= 0.6 is 11.3 Å². The van der Waals surface area contributed by atoms with Gasteiger partial charge in [-0.25, -0.2) is 9.37 Å². The number of rotatable bonds is 2. The number of carbonyl (C=O) groups is 1. The molecule has 1 heterocycles. The third kappa shape index (κ3) is 2.96. The van der Waals surface area contributed by atoms with E-state index >= 15 is 0 Å². The summed E-state index contributed by atoms with van der Waals surface area (Å²) < 4.78 is 51.4. The van der Waals surface area contributed by atoms with Gasteiger partial charge in [0.2, 0.25) is 0 Å². The maximum absolute atomic E-state index is 13.5. The van der Waals surface area contributed by atoms with Crippen LogP contribution in [0.5, 0.6) is 0 Å². The number of nitrogens with one attached hydrogen (secondary N) is 1. The Kier molecular flexibility index (Phi) is 3.76. The quantitative estimate of drug-likeness (QED) is 0.856. The molecule has 1 aromatic heterocycles. The molecule has 0 saturated carbocycles. The molecule has 0 bridgehead atoms. The monoisotopic (exact) mass is 304 g/mol. The van der Waals surface area contributed by atoms with Gasteiger partial charge in [0.15, 0.2) is 5.69 Å². The largest absolute Gasteiger partial charge is 0.427 e. The summed E-state index contributed by atoms with van der Waals surface area (Å²) in [6.07, 6.45) is -4.67. The molecule has 1 aromatic carbocycles.